The Kier molecular flexibility index (Phi) is 17.2. The summed E-state index contributed by atoms with van der Waals surface area (Å²) in [6.45, 7) is 13.3. The SMILES string of the molecule is CCOC(=O)C(C)Oc1ccc(OC(=O)c2ccc(-c3ccc(OCCCCCCCCCCC[Si](C)(OC)O[Si](C)(C)C)cc3)cc2)cc1. The van der Waals surface area contributed by atoms with Crippen LogP contribution in [0.2, 0.25) is 32.2 Å². The molecular formula is C40H58O8Si2. The number of carbonyl (C=O) groups is 2. The predicted molar refractivity (Wildman–Crippen MR) is 205 cm³/mol. The second-order valence-corrected chi connectivity index (χ2v) is 22.0. The van der Waals surface area contributed by atoms with Gasteiger partial charge in [0.25, 0.3) is 0 Å². The van der Waals surface area contributed by atoms with Crippen molar-refractivity contribution < 1.29 is 37.1 Å². The minimum Gasteiger partial charge on any atom is -0.494 e. The topological polar surface area (TPSA) is 89.5 Å². The molecule has 2 atom stereocenters. The fourth-order valence-corrected chi connectivity index (χ4v) is 12.6. The van der Waals surface area contributed by atoms with Gasteiger partial charge in [0.15, 0.2) is 14.4 Å². The van der Waals surface area contributed by atoms with Crippen LogP contribution in [0.25, 0.3) is 11.1 Å². The lowest BCUT2D eigenvalue weighted by atomic mass is 10.0. The first-order chi connectivity index (χ1) is 23.9. The Hall–Kier alpha value is -3.45. The second-order valence-electron chi connectivity index (χ2n) is 13.8. The van der Waals surface area contributed by atoms with Crippen molar-refractivity contribution in [2.75, 3.05) is 20.3 Å². The van der Waals surface area contributed by atoms with Crippen LogP contribution in [0.5, 0.6) is 17.2 Å². The third kappa shape index (κ3) is 15.2. The molecule has 8 nitrogen and oxygen atoms in total. The van der Waals surface area contributed by atoms with Crippen LogP contribution in [-0.4, -0.2) is 55.2 Å². The normalized spacial score (nSPS) is 13.3. The Morgan fingerprint density at radius 1 is 0.660 bits per heavy atom. The molecule has 274 valence electrons. The summed E-state index contributed by atoms with van der Waals surface area (Å²) < 4.78 is 34.2. The highest BCUT2D eigenvalue weighted by molar-refractivity contribution is 6.81. The van der Waals surface area contributed by atoms with Crippen LogP contribution in [0.15, 0.2) is 72.8 Å². The fourth-order valence-electron chi connectivity index (χ4n) is 5.62. The fraction of sp³-hybridized carbons (Fsp3) is 0.500. The number of rotatable bonds is 23. The maximum absolute atomic E-state index is 12.7. The Bertz CT molecular complexity index is 1420. The minimum absolute atomic E-state index is 0.291. The van der Waals surface area contributed by atoms with Gasteiger partial charge in [-0.25, -0.2) is 9.59 Å². The van der Waals surface area contributed by atoms with Crippen molar-refractivity contribution in [2.45, 2.75) is 110 Å². The lowest BCUT2D eigenvalue weighted by molar-refractivity contribution is -0.150. The first-order valence-electron chi connectivity index (χ1n) is 18.2. The lowest BCUT2D eigenvalue weighted by Crippen LogP contribution is -2.46. The molecule has 0 amide bonds. The lowest BCUT2D eigenvalue weighted by Gasteiger charge is -2.32. The number of unbranched alkanes of at least 4 members (excludes halogenated alkanes) is 8. The Morgan fingerprint density at radius 2 is 1.16 bits per heavy atom. The highest BCUT2D eigenvalue weighted by atomic mass is 28.4. The maximum Gasteiger partial charge on any atom is 0.347 e. The number of ether oxygens (including phenoxy) is 4. The maximum atomic E-state index is 12.7. The largest absolute Gasteiger partial charge is 0.494 e. The first kappa shape index (κ1) is 41.0. The summed E-state index contributed by atoms with van der Waals surface area (Å²) in [6.07, 6.45) is 10.4. The molecule has 0 fully saturated rings. The average Bonchev–Trinajstić information content (AvgIpc) is 3.09. The van der Waals surface area contributed by atoms with Gasteiger partial charge >= 0.3 is 20.5 Å². The molecule has 3 rings (SSSR count). The molecule has 3 aromatic carbocycles. The van der Waals surface area contributed by atoms with Crippen LogP contribution in [0.4, 0.5) is 0 Å². The second kappa shape index (κ2) is 21.0. The third-order valence-corrected chi connectivity index (χ3v) is 14.6. The summed E-state index contributed by atoms with van der Waals surface area (Å²) in [5, 5.41) is 0. The number of carbonyl (C=O) groups excluding carboxylic acids is 2. The van der Waals surface area contributed by atoms with Crippen molar-refractivity contribution in [1.29, 1.82) is 0 Å². The van der Waals surface area contributed by atoms with Gasteiger partial charge in [0, 0.05) is 7.11 Å². The van der Waals surface area contributed by atoms with E-state index in [-0.39, 0.29) is 0 Å². The van der Waals surface area contributed by atoms with Crippen molar-refractivity contribution in [3.63, 3.8) is 0 Å². The molecule has 0 heterocycles. The van der Waals surface area contributed by atoms with Gasteiger partial charge in [-0.3, -0.25) is 0 Å². The Morgan fingerprint density at radius 3 is 1.70 bits per heavy atom. The van der Waals surface area contributed by atoms with E-state index in [9.17, 15) is 9.59 Å². The zero-order valence-electron chi connectivity index (χ0n) is 31.3. The monoisotopic (exact) mass is 722 g/mol. The van der Waals surface area contributed by atoms with E-state index < -0.39 is 34.9 Å². The molecule has 0 aliphatic carbocycles. The summed E-state index contributed by atoms with van der Waals surface area (Å²) in [6, 6.07) is 23.0. The van der Waals surface area contributed by atoms with E-state index in [4.69, 9.17) is 27.5 Å². The van der Waals surface area contributed by atoms with Gasteiger partial charge in [-0.05, 0) is 112 Å². The van der Waals surface area contributed by atoms with Crippen molar-refractivity contribution in [3.8, 4) is 28.4 Å². The smallest absolute Gasteiger partial charge is 0.347 e. The van der Waals surface area contributed by atoms with Gasteiger partial charge in [-0.1, -0.05) is 75.6 Å². The van der Waals surface area contributed by atoms with Crippen molar-refractivity contribution in [3.05, 3.63) is 78.4 Å². The molecule has 0 radical (unpaired) electrons. The highest BCUT2D eigenvalue weighted by Crippen LogP contribution is 2.25. The van der Waals surface area contributed by atoms with Crippen molar-refractivity contribution >= 4 is 28.8 Å². The van der Waals surface area contributed by atoms with E-state index in [1.165, 1.54) is 51.4 Å². The van der Waals surface area contributed by atoms with Crippen LogP contribution in [-0.2, 0) is 18.1 Å². The summed E-state index contributed by atoms with van der Waals surface area (Å²) in [7, 11) is -1.74. The first-order valence-corrected chi connectivity index (χ1v) is 24.1. The molecule has 0 saturated carbocycles. The summed E-state index contributed by atoms with van der Waals surface area (Å²) >= 11 is 0. The molecule has 0 aromatic heterocycles. The Labute approximate surface area is 302 Å². The van der Waals surface area contributed by atoms with E-state index >= 15 is 0 Å². The van der Waals surface area contributed by atoms with E-state index in [0.29, 0.717) is 23.7 Å². The molecule has 0 spiro atoms. The zero-order valence-corrected chi connectivity index (χ0v) is 33.3. The van der Waals surface area contributed by atoms with Gasteiger partial charge in [0.1, 0.15) is 17.2 Å². The molecule has 0 saturated heterocycles. The number of esters is 2. The van der Waals surface area contributed by atoms with E-state index in [2.05, 4.69) is 26.2 Å². The number of hydrogen-bond acceptors (Lipinski definition) is 8. The van der Waals surface area contributed by atoms with Crippen LogP contribution in [0.3, 0.4) is 0 Å². The summed E-state index contributed by atoms with van der Waals surface area (Å²) in [4.78, 5) is 24.5. The van der Waals surface area contributed by atoms with Gasteiger partial charge in [-0.2, -0.15) is 0 Å². The zero-order chi connectivity index (χ0) is 36.4. The minimum atomic E-state index is -1.99. The number of hydrogen-bond donors (Lipinski definition) is 0. The van der Waals surface area contributed by atoms with Crippen LogP contribution >= 0.6 is 0 Å². The predicted octanol–water partition coefficient (Wildman–Crippen LogP) is 10.4. The molecule has 2 unspecified atom stereocenters. The molecule has 50 heavy (non-hydrogen) atoms. The quantitative estimate of drug-likeness (QED) is 0.0414. The van der Waals surface area contributed by atoms with Gasteiger partial charge in [-0.15, -0.1) is 0 Å². The van der Waals surface area contributed by atoms with Crippen LogP contribution in [0.1, 0.15) is 82.0 Å². The molecular weight excluding hydrogens is 665 g/mol. The molecule has 0 bridgehead atoms. The van der Waals surface area contributed by atoms with Gasteiger partial charge in [0.2, 0.25) is 0 Å². The van der Waals surface area contributed by atoms with Crippen molar-refractivity contribution in [1.82, 2.24) is 0 Å². The summed E-state index contributed by atoms with van der Waals surface area (Å²) in [5.74, 6) is 0.829. The number of benzene rings is 3. The van der Waals surface area contributed by atoms with E-state index in [1.807, 2.05) is 43.5 Å². The molecule has 0 aliphatic heterocycles. The van der Waals surface area contributed by atoms with Gasteiger partial charge in [0.05, 0.1) is 18.8 Å². The van der Waals surface area contributed by atoms with Crippen molar-refractivity contribution in [2.24, 2.45) is 0 Å². The summed E-state index contributed by atoms with van der Waals surface area (Å²) in [5.41, 5.74) is 2.48. The molecule has 3 aromatic rings. The molecule has 0 N–H and O–H groups in total. The standard InChI is InChI=1S/C40H58O8Si2/c1-8-44-39(41)32(2)46-37-26-28-38(29-27-37)47-40(42)35-20-18-33(19-21-35)34-22-24-36(25-23-34)45-30-16-14-12-10-9-11-13-15-17-31-50(7,43-3)48-49(4,5)6/h18-29,32H,8-17,30-31H2,1-7H3. The Balaban J connectivity index is 1.28. The van der Waals surface area contributed by atoms with E-state index in [1.54, 1.807) is 50.2 Å². The molecule has 10 heteroatoms. The van der Waals surface area contributed by atoms with Crippen LogP contribution < -0.4 is 14.2 Å². The van der Waals surface area contributed by atoms with E-state index in [0.717, 1.165) is 35.9 Å². The average molecular weight is 723 g/mol. The third-order valence-electron chi connectivity index (χ3n) is 8.27. The highest BCUT2D eigenvalue weighted by Gasteiger charge is 2.34. The van der Waals surface area contributed by atoms with Gasteiger partial charge < -0.3 is 27.5 Å². The van der Waals surface area contributed by atoms with Crippen LogP contribution in [0, 0.1) is 0 Å². The molecule has 0 aliphatic rings.